The number of hydrogen-bond donors (Lipinski definition) is 0. The van der Waals surface area contributed by atoms with E-state index in [0.717, 1.165) is 25.7 Å². The Labute approximate surface area is 81.9 Å². The van der Waals surface area contributed by atoms with Gasteiger partial charge in [-0.2, -0.15) is 0 Å². The highest BCUT2D eigenvalue weighted by Gasteiger charge is 2.36. The number of halogens is 1. The lowest BCUT2D eigenvalue weighted by Crippen LogP contribution is -2.32. The summed E-state index contributed by atoms with van der Waals surface area (Å²) in [6, 6.07) is 0. The van der Waals surface area contributed by atoms with Gasteiger partial charge in [0.2, 0.25) is 0 Å². The minimum atomic E-state index is -0.869. The van der Waals surface area contributed by atoms with Gasteiger partial charge in [0.25, 0.3) is 0 Å². The molecule has 0 unspecified atom stereocenters. The van der Waals surface area contributed by atoms with Crippen LogP contribution in [0.2, 0.25) is 0 Å². The molecule has 0 aromatic carbocycles. The Morgan fingerprint density at radius 3 is 2.08 bits per heavy atom. The van der Waals surface area contributed by atoms with Crippen LogP contribution in [0.25, 0.3) is 0 Å². The van der Waals surface area contributed by atoms with Gasteiger partial charge in [0.05, 0.1) is 0 Å². The van der Waals surface area contributed by atoms with Gasteiger partial charge >= 0.3 is 0 Å². The van der Waals surface area contributed by atoms with Gasteiger partial charge in [-0.15, -0.1) is 0 Å². The van der Waals surface area contributed by atoms with Crippen molar-refractivity contribution in [2.45, 2.75) is 71.4 Å². The quantitative estimate of drug-likeness (QED) is 0.609. The molecule has 1 saturated carbocycles. The molecule has 0 atom stereocenters. The molecule has 0 N–H and O–H groups in total. The van der Waals surface area contributed by atoms with Crippen molar-refractivity contribution in [1.29, 1.82) is 0 Å². The lowest BCUT2D eigenvalue weighted by atomic mass is 9.69. The first-order valence-electron chi connectivity index (χ1n) is 5.66. The predicted molar refractivity (Wildman–Crippen MR) is 55.6 cm³/mol. The van der Waals surface area contributed by atoms with E-state index in [1.807, 2.05) is 0 Å². The lowest BCUT2D eigenvalue weighted by molar-refractivity contribution is 0.0558. The van der Waals surface area contributed by atoms with Crippen molar-refractivity contribution in [3.63, 3.8) is 0 Å². The SMILES string of the molecule is CCCCC1(C)CCC(C)(F)CC1. The van der Waals surface area contributed by atoms with Crippen molar-refractivity contribution < 1.29 is 4.39 Å². The van der Waals surface area contributed by atoms with Crippen LogP contribution in [0.4, 0.5) is 4.39 Å². The summed E-state index contributed by atoms with van der Waals surface area (Å²) >= 11 is 0. The van der Waals surface area contributed by atoms with Crippen LogP contribution >= 0.6 is 0 Å². The molecule has 1 fully saturated rings. The Hall–Kier alpha value is -0.0700. The summed E-state index contributed by atoms with van der Waals surface area (Å²) < 4.78 is 13.5. The summed E-state index contributed by atoms with van der Waals surface area (Å²) in [6.45, 7) is 6.32. The molecule has 0 bridgehead atoms. The maximum absolute atomic E-state index is 13.5. The molecule has 0 nitrogen and oxygen atoms in total. The summed E-state index contributed by atoms with van der Waals surface area (Å²) in [5.41, 5.74) is -0.423. The predicted octanol–water partition coefficient (Wildman–Crippen LogP) is 4.49. The highest BCUT2D eigenvalue weighted by Crippen LogP contribution is 2.45. The van der Waals surface area contributed by atoms with Crippen LogP contribution < -0.4 is 0 Å². The van der Waals surface area contributed by atoms with Crippen LogP contribution in [0.15, 0.2) is 0 Å². The fourth-order valence-corrected chi connectivity index (χ4v) is 2.23. The van der Waals surface area contributed by atoms with E-state index in [0.29, 0.717) is 5.41 Å². The van der Waals surface area contributed by atoms with Crippen LogP contribution in [-0.4, -0.2) is 5.67 Å². The summed E-state index contributed by atoms with van der Waals surface area (Å²) in [7, 11) is 0. The van der Waals surface area contributed by atoms with Crippen LogP contribution in [0.3, 0.4) is 0 Å². The molecule has 0 spiro atoms. The average Bonchev–Trinajstić information content (AvgIpc) is 2.08. The molecule has 1 heteroatoms. The van der Waals surface area contributed by atoms with Crippen molar-refractivity contribution in [3.8, 4) is 0 Å². The minimum absolute atomic E-state index is 0.446. The number of alkyl halides is 1. The van der Waals surface area contributed by atoms with E-state index in [-0.39, 0.29) is 0 Å². The number of hydrogen-bond acceptors (Lipinski definition) is 0. The Bertz CT molecular complexity index is 151. The summed E-state index contributed by atoms with van der Waals surface area (Å²) in [4.78, 5) is 0. The summed E-state index contributed by atoms with van der Waals surface area (Å²) in [5, 5.41) is 0. The molecule has 1 aliphatic carbocycles. The second-order valence-corrected chi connectivity index (χ2v) is 5.33. The maximum atomic E-state index is 13.5. The molecule has 0 heterocycles. The zero-order chi connectivity index (χ0) is 9.95. The molecular weight excluding hydrogens is 163 g/mol. The van der Waals surface area contributed by atoms with Crippen LogP contribution in [0.1, 0.15) is 65.7 Å². The monoisotopic (exact) mass is 186 g/mol. The van der Waals surface area contributed by atoms with Gasteiger partial charge in [-0.05, 0) is 44.4 Å². The van der Waals surface area contributed by atoms with E-state index in [1.165, 1.54) is 19.3 Å². The Morgan fingerprint density at radius 2 is 1.62 bits per heavy atom. The molecule has 0 saturated heterocycles. The third kappa shape index (κ3) is 3.28. The normalized spacial score (nSPS) is 40.6. The van der Waals surface area contributed by atoms with Crippen molar-refractivity contribution in [2.24, 2.45) is 5.41 Å². The summed E-state index contributed by atoms with van der Waals surface area (Å²) in [6.07, 6.45) is 7.57. The molecule has 0 aliphatic heterocycles. The van der Waals surface area contributed by atoms with E-state index in [2.05, 4.69) is 13.8 Å². The third-order valence-electron chi connectivity index (χ3n) is 3.63. The second kappa shape index (κ2) is 3.98. The minimum Gasteiger partial charge on any atom is -0.244 e. The fourth-order valence-electron chi connectivity index (χ4n) is 2.23. The Balaban J connectivity index is 2.37. The van der Waals surface area contributed by atoms with E-state index in [4.69, 9.17) is 0 Å². The van der Waals surface area contributed by atoms with Crippen molar-refractivity contribution in [2.75, 3.05) is 0 Å². The Kier molecular flexibility index (Phi) is 3.37. The molecule has 0 amide bonds. The molecule has 0 aromatic heterocycles. The largest absolute Gasteiger partial charge is 0.244 e. The van der Waals surface area contributed by atoms with Crippen molar-refractivity contribution in [3.05, 3.63) is 0 Å². The van der Waals surface area contributed by atoms with Gasteiger partial charge in [0.1, 0.15) is 5.67 Å². The van der Waals surface area contributed by atoms with Gasteiger partial charge in [0, 0.05) is 0 Å². The van der Waals surface area contributed by atoms with Gasteiger partial charge in [-0.25, -0.2) is 4.39 Å². The number of rotatable bonds is 3. The van der Waals surface area contributed by atoms with E-state index in [9.17, 15) is 4.39 Å². The zero-order valence-corrected chi connectivity index (χ0v) is 9.33. The topological polar surface area (TPSA) is 0 Å². The van der Waals surface area contributed by atoms with Gasteiger partial charge in [-0.1, -0.05) is 26.7 Å². The molecule has 0 aromatic rings. The first kappa shape index (κ1) is 11.0. The van der Waals surface area contributed by atoms with Gasteiger partial charge < -0.3 is 0 Å². The first-order valence-corrected chi connectivity index (χ1v) is 5.66. The van der Waals surface area contributed by atoms with E-state index >= 15 is 0 Å². The van der Waals surface area contributed by atoms with Crippen LogP contribution in [0, 0.1) is 5.41 Å². The third-order valence-corrected chi connectivity index (χ3v) is 3.63. The molecule has 1 aliphatic rings. The van der Waals surface area contributed by atoms with Crippen LogP contribution in [-0.2, 0) is 0 Å². The summed E-state index contributed by atoms with van der Waals surface area (Å²) in [5.74, 6) is 0. The van der Waals surface area contributed by atoms with Gasteiger partial charge in [-0.3, -0.25) is 0 Å². The highest BCUT2D eigenvalue weighted by molar-refractivity contribution is 4.88. The highest BCUT2D eigenvalue weighted by atomic mass is 19.1. The Morgan fingerprint density at radius 1 is 1.08 bits per heavy atom. The van der Waals surface area contributed by atoms with E-state index in [1.54, 1.807) is 6.92 Å². The van der Waals surface area contributed by atoms with Crippen molar-refractivity contribution >= 4 is 0 Å². The average molecular weight is 186 g/mol. The van der Waals surface area contributed by atoms with Gasteiger partial charge in [0.15, 0.2) is 0 Å². The molecule has 0 radical (unpaired) electrons. The molecular formula is C12H23F. The smallest absolute Gasteiger partial charge is 0.108 e. The lowest BCUT2D eigenvalue weighted by Gasteiger charge is -2.39. The number of unbranched alkanes of at least 4 members (excludes halogenated alkanes) is 1. The molecule has 78 valence electrons. The van der Waals surface area contributed by atoms with Crippen molar-refractivity contribution in [1.82, 2.24) is 0 Å². The standard InChI is InChI=1S/C12H23F/c1-4-5-6-11(2)7-9-12(3,13)10-8-11/h4-10H2,1-3H3. The van der Waals surface area contributed by atoms with E-state index < -0.39 is 5.67 Å². The molecule has 1 rings (SSSR count). The first-order chi connectivity index (χ1) is 5.97. The zero-order valence-electron chi connectivity index (χ0n) is 9.33. The van der Waals surface area contributed by atoms with Crippen LogP contribution in [0.5, 0.6) is 0 Å². The fraction of sp³-hybridized carbons (Fsp3) is 1.00. The maximum Gasteiger partial charge on any atom is 0.108 e. The second-order valence-electron chi connectivity index (χ2n) is 5.33. The molecule has 13 heavy (non-hydrogen) atoms.